The standard InChI is InChI=1S/C12H17N3O3S/c1-13-11(16)9-6-14-3-4-15(9)12(17)10-5-8(18-2)7-19-10/h5,7,9,14H,3-4,6H2,1-2H3,(H,13,16). The number of hydrogen-bond acceptors (Lipinski definition) is 5. The first kappa shape index (κ1) is 13.8. The third-order valence-electron chi connectivity index (χ3n) is 3.08. The van der Waals surface area contributed by atoms with Gasteiger partial charge in [0.1, 0.15) is 11.8 Å². The molecule has 1 aromatic heterocycles. The monoisotopic (exact) mass is 283 g/mol. The summed E-state index contributed by atoms with van der Waals surface area (Å²) in [6.07, 6.45) is 0. The van der Waals surface area contributed by atoms with Gasteiger partial charge in [-0.2, -0.15) is 0 Å². The van der Waals surface area contributed by atoms with Gasteiger partial charge in [0, 0.05) is 38.1 Å². The molecule has 0 spiro atoms. The van der Waals surface area contributed by atoms with E-state index in [-0.39, 0.29) is 11.8 Å². The minimum Gasteiger partial charge on any atom is -0.496 e. The van der Waals surface area contributed by atoms with E-state index in [1.807, 2.05) is 0 Å². The number of nitrogens with one attached hydrogen (secondary N) is 2. The molecule has 1 aliphatic rings. The fourth-order valence-corrected chi connectivity index (χ4v) is 2.84. The van der Waals surface area contributed by atoms with Crippen molar-refractivity contribution in [3.05, 3.63) is 16.3 Å². The van der Waals surface area contributed by atoms with Gasteiger partial charge >= 0.3 is 0 Å². The molecule has 2 heterocycles. The van der Waals surface area contributed by atoms with Gasteiger partial charge in [0.15, 0.2) is 0 Å². The molecule has 1 aromatic rings. The Kier molecular flexibility index (Phi) is 4.39. The quantitative estimate of drug-likeness (QED) is 0.814. The molecule has 1 unspecified atom stereocenters. The van der Waals surface area contributed by atoms with Gasteiger partial charge in [-0.15, -0.1) is 11.3 Å². The molecule has 0 aromatic carbocycles. The topological polar surface area (TPSA) is 70.7 Å². The molecule has 7 heteroatoms. The zero-order chi connectivity index (χ0) is 13.8. The first-order valence-corrected chi connectivity index (χ1v) is 6.91. The van der Waals surface area contributed by atoms with Crippen LogP contribution >= 0.6 is 11.3 Å². The van der Waals surface area contributed by atoms with Crippen molar-refractivity contribution in [3.63, 3.8) is 0 Å². The van der Waals surface area contributed by atoms with E-state index in [4.69, 9.17) is 4.74 Å². The average Bonchev–Trinajstić information content (AvgIpc) is 2.94. The number of likely N-dealkylation sites (N-methyl/N-ethyl adjacent to an activating group) is 1. The summed E-state index contributed by atoms with van der Waals surface area (Å²) in [5.74, 6) is 0.396. The predicted molar refractivity (Wildman–Crippen MR) is 72.6 cm³/mol. The van der Waals surface area contributed by atoms with Gasteiger partial charge in [0.2, 0.25) is 5.91 Å². The van der Waals surface area contributed by atoms with E-state index >= 15 is 0 Å². The molecule has 19 heavy (non-hydrogen) atoms. The molecule has 0 radical (unpaired) electrons. The van der Waals surface area contributed by atoms with Crippen molar-refractivity contribution < 1.29 is 14.3 Å². The SMILES string of the molecule is CNC(=O)C1CNCCN1C(=O)c1cc(OC)cs1. The van der Waals surface area contributed by atoms with Gasteiger partial charge in [-0.3, -0.25) is 9.59 Å². The molecule has 0 saturated carbocycles. The van der Waals surface area contributed by atoms with Crippen molar-refractivity contribution in [2.75, 3.05) is 33.8 Å². The fourth-order valence-electron chi connectivity index (χ4n) is 2.03. The molecule has 0 bridgehead atoms. The highest BCUT2D eigenvalue weighted by Gasteiger charge is 2.32. The van der Waals surface area contributed by atoms with Crippen molar-refractivity contribution in [3.8, 4) is 5.75 Å². The van der Waals surface area contributed by atoms with Crippen LogP contribution in [0.25, 0.3) is 0 Å². The van der Waals surface area contributed by atoms with E-state index in [1.54, 1.807) is 30.5 Å². The van der Waals surface area contributed by atoms with Gasteiger partial charge in [-0.1, -0.05) is 0 Å². The van der Waals surface area contributed by atoms with Crippen LogP contribution in [0.1, 0.15) is 9.67 Å². The number of piperazine rings is 1. The number of nitrogens with zero attached hydrogens (tertiary/aromatic N) is 1. The number of thiophene rings is 1. The van der Waals surface area contributed by atoms with E-state index < -0.39 is 6.04 Å². The predicted octanol–water partition coefficient (Wildman–Crippen LogP) is -0.0833. The van der Waals surface area contributed by atoms with Crippen LogP contribution in [0.5, 0.6) is 5.75 Å². The zero-order valence-electron chi connectivity index (χ0n) is 10.9. The van der Waals surface area contributed by atoms with Crippen molar-refractivity contribution in [2.24, 2.45) is 0 Å². The van der Waals surface area contributed by atoms with Crippen molar-refractivity contribution in [1.29, 1.82) is 0 Å². The van der Waals surface area contributed by atoms with Gasteiger partial charge in [-0.05, 0) is 0 Å². The molecule has 104 valence electrons. The second-order valence-corrected chi connectivity index (χ2v) is 5.09. The molecule has 2 N–H and O–H groups in total. The molecule has 1 saturated heterocycles. The minimum atomic E-state index is -0.459. The molecule has 1 fully saturated rings. The highest BCUT2D eigenvalue weighted by molar-refractivity contribution is 7.12. The lowest BCUT2D eigenvalue weighted by atomic mass is 10.1. The van der Waals surface area contributed by atoms with Crippen molar-refractivity contribution >= 4 is 23.2 Å². The first-order chi connectivity index (χ1) is 9.17. The summed E-state index contributed by atoms with van der Waals surface area (Å²) >= 11 is 1.33. The summed E-state index contributed by atoms with van der Waals surface area (Å²) in [4.78, 5) is 26.4. The van der Waals surface area contributed by atoms with Crippen LogP contribution in [-0.2, 0) is 4.79 Å². The van der Waals surface area contributed by atoms with E-state index in [0.29, 0.717) is 30.3 Å². The van der Waals surface area contributed by atoms with Crippen molar-refractivity contribution in [2.45, 2.75) is 6.04 Å². The third kappa shape index (κ3) is 2.87. The number of carbonyl (C=O) groups excluding carboxylic acids is 2. The lowest BCUT2D eigenvalue weighted by molar-refractivity contribution is -0.125. The Balaban J connectivity index is 2.17. The Morgan fingerprint density at radius 1 is 1.58 bits per heavy atom. The normalized spacial score (nSPS) is 19.1. The van der Waals surface area contributed by atoms with E-state index in [0.717, 1.165) is 0 Å². The summed E-state index contributed by atoms with van der Waals surface area (Å²) in [7, 11) is 3.14. The highest BCUT2D eigenvalue weighted by atomic mass is 32.1. The smallest absolute Gasteiger partial charge is 0.264 e. The second kappa shape index (κ2) is 6.03. The number of rotatable bonds is 3. The maximum atomic E-state index is 12.4. The summed E-state index contributed by atoms with van der Waals surface area (Å²) < 4.78 is 5.08. The second-order valence-electron chi connectivity index (χ2n) is 4.18. The Hall–Kier alpha value is -1.60. The zero-order valence-corrected chi connectivity index (χ0v) is 11.8. The largest absolute Gasteiger partial charge is 0.496 e. The van der Waals surface area contributed by atoms with Crippen LogP contribution in [0.2, 0.25) is 0 Å². The van der Waals surface area contributed by atoms with Crippen molar-refractivity contribution in [1.82, 2.24) is 15.5 Å². The molecule has 2 amide bonds. The van der Waals surface area contributed by atoms with Crippen LogP contribution in [0.3, 0.4) is 0 Å². The Bertz CT molecular complexity index is 475. The maximum absolute atomic E-state index is 12.4. The van der Waals surface area contributed by atoms with Gasteiger partial charge in [-0.25, -0.2) is 0 Å². The molecular weight excluding hydrogens is 266 g/mol. The van der Waals surface area contributed by atoms with Gasteiger partial charge in [0.05, 0.1) is 12.0 Å². The summed E-state index contributed by atoms with van der Waals surface area (Å²) in [6, 6.07) is 1.25. The number of amides is 2. The Morgan fingerprint density at radius 2 is 2.37 bits per heavy atom. The molecule has 2 rings (SSSR count). The number of carbonyl (C=O) groups is 2. The lowest BCUT2D eigenvalue weighted by Gasteiger charge is -2.34. The number of hydrogen-bond donors (Lipinski definition) is 2. The molecule has 1 aliphatic heterocycles. The minimum absolute atomic E-state index is 0.122. The van der Waals surface area contributed by atoms with Crippen LogP contribution in [-0.4, -0.2) is 56.5 Å². The summed E-state index contributed by atoms with van der Waals surface area (Å²) in [5, 5.41) is 7.50. The molecular formula is C12H17N3O3S. The third-order valence-corrected chi connectivity index (χ3v) is 3.97. The van der Waals surface area contributed by atoms with E-state index in [9.17, 15) is 9.59 Å². The maximum Gasteiger partial charge on any atom is 0.264 e. The van der Waals surface area contributed by atoms with Gasteiger partial charge < -0.3 is 20.3 Å². The Morgan fingerprint density at radius 3 is 3.00 bits per heavy atom. The Labute approximate surface area is 115 Å². The molecule has 6 nitrogen and oxygen atoms in total. The summed E-state index contributed by atoms with van der Waals surface area (Å²) in [5.41, 5.74) is 0. The molecule has 0 aliphatic carbocycles. The van der Waals surface area contributed by atoms with Crippen LogP contribution in [0.15, 0.2) is 11.4 Å². The van der Waals surface area contributed by atoms with Crippen LogP contribution in [0.4, 0.5) is 0 Å². The highest BCUT2D eigenvalue weighted by Crippen LogP contribution is 2.23. The van der Waals surface area contributed by atoms with Gasteiger partial charge in [0.25, 0.3) is 5.91 Å². The number of ether oxygens (including phenoxy) is 1. The summed E-state index contributed by atoms with van der Waals surface area (Å²) in [6.45, 7) is 1.70. The van der Waals surface area contributed by atoms with Crippen LogP contribution in [0, 0.1) is 0 Å². The van der Waals surface area contributed by atoms with Crippen LogP contribution < -0.4 is 15.4 Å². The molecule has 1 atom stereocenters. The fraction of sp³-hybridized carbons (Fsp3) is 0.500. The first-order valence-electron chi connectivity index (χ1n) is 6.03. The van der Waals surface area contributed by atoms with E-state index in [1.165, 1.54) is 11.3 Å². The average molecular weight is 283 g/mol. The lowest BCUT2D eigenvalue weighted by Crippen LogP contribution is -2.59. The number of methoxy groups -OCH3 is 1. The van der Waals surface area contributed by atoms with E-state index in [2.05, 4.69) is 10.6 Å².